The topological polar surface area (TPSA) is 37.4 Å². The molecule has 0 spiro atoms. The number of rotatable bonds is 2. The number of carbonyl (C=O) groups excluding carboxylic acids is 2. The molecule has 1 aliphatic heterocycles. The molecule has 1 aliphatic rings. The van der Waals surface area contributed by atoms with E-state index in [0.29, 0.717) is 23.7 Å². The summed E-state index contributed by atoms with van der Waals surface area (Å²) in [7, 11) is 0. The highest BCUT2D eigenvalue weighted by Crippen LogP contribution is 2.17. The van der Waals surface area contributed by atoms with Gasteiger partial charge in [-0.1, -0.05) is 23.7 Å². The summed E-state index contributed by atoms with van der Waals surface area (Å²) >= 11 is 5.91. The number of hydrogen-bond donors (Lipinski definition) is 0. The van der Waals surface area contributed by atoms with Crippen molar-refractivity contribution in [2.75, 3.05) is 13.1 Å². The van der Waals surface area contributed by atoms with Crippen molar-refractivity contribution >= 4 is 23.3 Å². The van der Waals surface area contributed by atoms with Crippen LogP contribution in [0.4, 0.5) is 0 Å². The molecule has 1 aromatic carbocycles. The molecule has 90 valence electrons. The molecule has 1 heterocycles. The van der Waals surface area contributed by atoms with E-state index >= 15 is 0 Å². The first-order chi connectivity index (χ1) is 8.20. The van der Waals surface area contributed by atoms with Crippen molar-refractivity contribution in [2.45, 2.75) is 19.3 Å². The third-order valence-electron chi connectivity index (χ3n) is 2.96. The summed E-state index contributed by atoms with van der Waals surface area (Å²) in [5.41, 5.74) is 0.296. The van der Waals surface area contributed by atoms with Gasteiger partial charge in [-0.15, -0.1) is 0 Å². The highest BCUT2D eigenvalue weighted by atomic mass is 35.5. The molecule has 1 amide bonds. The van der Waals surface area contributed by atoms with Gasteiger partial charge in [0.15, 0.2) is 0 Å². The number of amides is 1. The fourth-order valence-electron chi connectivity index (χ4n) is 2.00. The Balaban J connectivity index is 2.14. The number of likely N-dealkylation sites (tertiary alicyclic amines) is 1. The summed E-state index contributed by atoms with van der Waals surface area (Å²) in [5.74, 6) is -0.935. The third-order valence-corrected chi connectivity index (χ3v) is 3.29. The summed E-state index contributed by atoms with van der Waals surface area (Å²) < 4.78 is 0. The van der Waals surface area contributed by atoms with Crippen molar-refractivity contribution in [3.8, 4) is 0 Å². The number of benzene rings is 1. The molecular weight excluding hydrogens is 238 g/mol. The van der Waals surface area contributed by atoms with Crippen molar-refractivity contribution in [3.63, 3.8) is 0 Å². The van der Waals surface area contributed by atoms with Crippen molar-refractivity contribution in [3.05, 3.63) is 34.9 Å². The average molecular weight is 252 g/mol. The molecule has 0 bridgehead atoms. The molecule has 3 nitrogen and oxygen atoms in total. The predicted octanol–water partition coefficient (Wildman–Crippen LogP) is 2.54. The van der Waals surface area contributed by atoms with Crippen LogP contribution < -0.4 is 0 Å². The van der Waals surface area contributed by atoms with Crippen LogP contribution in [-0.2, 0) is 4.79 Å². The zero-order valence-corrected chi connectivity index (χ0v) is 10.2. The molecular formula is C13H14ClNO2. The number of halogens is 1. The molecule has 0 saturated carbocycles. The Hall–Kier alpha value is -1.35. The Morgan fingerprint density at radius 1 is 1.06 bits per heavy atom. The maximum atomic E-state index is 12.0. The number of Topliss-reactive ketones (excluding diaryl/α,β-unsaturated/α-hetero) is 1. The second kappa shape index (κ2) is 5.32. The van der Waals surface area contributed by atoms with Gasteiger partial charge in [-0.25, -0.2) is 0 Å². The largest absolute Gasteiger partial charge is 0.336 e. The zero-order chi connectivity index (χ0) is 12.3. The highest BCUT2D eigenvalue weighted by Gasteiger charge is 2.25. The first kappa shape index (κ1) is 12.1. The Labute approximate surface area is 105 Å². The van der Waals surface area contributed by atoms with Gasteiger partial charge in [-0.05, 0) is 31.4 Å². The van der Waals surface area contributed by atoms with Crippen LogP contribution in [0.25, 0.3) is 0 Å². The fraction of sp³-hybridized carbons (Fsp3) is 0.385. The molecule has 0 unspecified atom stereocenters. The lowest BCUT2D eigenvalue weighted by atomic mass is 10.1. The van der Waals surface area contributed by atoms with Crippen LogP contribution in [0, 0.1) is 0 Å². The molecule has 0 aromatic heterocycles. The minimum Gasteiger partial charge on any atom is -0.336 e. The van der Waals surface area contributed by atoms with E-state index < -0.39 is 11.7 Å². The lowest BCUT2D eigenvalue weighted by Crippen LogP contribution is -2.40. The van der Waals surface area contributed by atoms with E-state index in [0.717, 1.165) is 19.3 Å². The Kier molecular flexibility index (Phi) is 3.79. The molecule has 0 atom stereocenters. The first-order valence-electron chi connectivity index (χ1n) is 5.78. The molecule has 1 fully saturated rings. The maximum Gasteiger partial charge on any atom is 0.295 e. The number of piperidine rings is 1. The van der Waals surface area contributed by atoms with Gasteiger partial charge in [-0.2, -0.15) is 0 Å². The van der Waals surface area contributed by atoms with Crippen LogP contribution in [0.1, 0.15) is 29.6 Å². The third kappa shape index (κ3) is 2.67. The average Bonchev–Trinajstić information content (AvgIpc) is 2.39. The van der Waals surface area contributed by atoms with E-state index in [1.165, 1.54) is 0 Å². The SMILES string of the molecule is O=C(C(=O)N1CCCCC1)c1ccccc1Cl. The predicted molar refractivity (Wildman–Crippen MR) is 66.2 cm³/mol. The van der Waals surface area contributed by atoms with Crippen LogP contribution >= 0.6 is 11.6 Å². The normalized spacial score (nSPS) is 15.7. The lowest BCUT2D eigenvalue weighted by Gasteiger charge is -2.25. The number of ketones is 1. The number of nitrogens with zero attached hydrogens (tertiary/aromatic N) is 1. The van der Waals surface area contributed by atoms with Gasteiger partial charge in [0.05, 0.1) is 5.02 Å². The Morgan fingerprint density at radius 2 is 1.71 bits per heavy atom. The van der Waals surface area contributed by atoms with Crippen molar-refractivity contribution < 1.29 is 9.59 Å². The van der Waals surface area contributed by atoms with Gasteiger partial charge in [0.2, 0.25) is 0 Å². The van der Waals surface area contributed by atoms with Gasteiger partial charge in [-0.3, -0.25) is 9.59 Å². The van der Waals surface area contributed by atoms with Gasteiger partial charge in [0, 0.05) is 18.7 Å². The fourth-order valence-corrected chi connectivity index (χ4v) is 2.22. The van der Waals surface area contributed by atoms with E-state index in [-0.39, 0.29) is 0 Å². The first-order valence-corrected chi connectivity index (χ1v) is 6.16. The lowest BCUT2D eigenvalue weighted by molar-refractivity contribution is -0.127. The van der Waals surface area contributed by atoms with Gasteiger partial charge >= 0.3 is 0 Å². The van der Waals surface area contributed by atoms with Crippen molar-refractivity contribution in [1.82, 2.24) is 4.90 Å². The molecule has 4 heteroatoms. The second-order valence-corrected chi connectivity index (χ2v) is 4.57. The summed E-state index contributed by atoms with van der Waals surface area (Å²) in [6, 6.07) is 6.66. The van der Waals surface area contributed by atoms with Crippen LogP contribution in [0.5, 0.6) is 0 Å². The summed E-state index contributed by atoms with van der Waals surface area (Å²) in [6.07, 6.45) is 3.08. The minimum atomic E-state index is -0.502. The minimum absolute atomic E-state index is 0.296. The summed E-state index contributed by atoms with van der Waals surface area (Å²) in [6.45, 7) is 1.35. The summed E-state index contributed by atoms with van der Waals surface area (Å²) in [4.78, 5) is 25.6. The standard InChI is InChI=1S/C13H14ClNO2/c14-11-7-3-2-6-10(11)12(16)13(17)15-8-4-1-5-9-15/h2-3,6-7H,1,4-5,8-9H2. The zero-order valence-electron chi connectivity index (χ0n) is 9.49. The van der Waals surface area contributed by atoms with Crippen LogP contribution in [0.15, 0.2) is 24.3 Å². The Bertz CT molecular complexity index is 439. The van der Waals surface area contributed by atoms with Crippen LogP contribution in [0.3, 0.4) is 0 Å². The second-order valence-electron chi connectivity index (χ2n) is 4.16. The van der Waals surface area contributed by atoms with E-state index in [4.69, 9.17) is 11.6 Å². The Morgan fingerprint density at radius 3 is 2.35 bits per heavy atom. The van der Waals surface area contributed by atoms with Gasteiger partial charge < -0.3 is 4.90 Å². The summed E-state index contributed by atoms with van der Waals surface area (Å²) in [5, 5.41) is 0.336. The monoisotopic (exact) mass is 251 g/mol. The maximum absolute atomic E-state index is 12.0. The highest BCUT2D eigenvalue weighted by molar-refractivity contribution is 6.46. The molecule has 2 rings (SSSR count). The van der Waals surface area contributed by atoms with E-state index in [1.807, 2.05) is 0 Å². The van der Waals surface area contributed by atoms with Gasteiger partial charge in [0.25, 0.3) is 11.7 Å². The van der Waals surface area contributed by atoms with Crippen molar-refractivity contribution in [1.29, 1.82) is 0 Å². The molecule has 17 heavy (non-hydrogen) atoms. The number of carbonyl (C=O) groups is 2. The molecule has 0 aliphatic carbocycles. The van der Waals surface area contributed by atoms with Crippen LogP contribution in [0.2, 0.25) is 5.02 Å². The van der Waals surface area contributed by atoms with Gasteiger partial charge in [0.1, 0.15) is 0 Å². The van der Waals surface area contributed by atoms with Crippen LogP contribution in [-0.4, -0.2) is 29.7 Å². The van der Waals surface area contributed by atoms with Crippen molar-refractivity contribution in [2.24, 2.45) is 0 Å². The smallest absolute Gasteiger partial charge is 0.295 e. The van der Waals surface area contributed by atoms with E-state index in [2.05, 4.69) is 0 Å². The molecule has 0 radical (unpaired) electrons. The molecule has 1 aromatic rings. The molecule has 0 N–H and O–H groups in total. The molecule has 1 saturated heterocycles. The van der Waals surface area contributed by atoms with E-state index in [9.17, 15) is 9.59 Å². The number of hydrogen-bond acceptors (Lipinski definition) is 2. The van der Waals surface area contributed by atoms with E-state index in [1.54, 1.807) is 29.2 Å². The quantitative estimate of drug-likeness (QED) is 0.598.